The van der Waals surface area contributed by atoms with Gasteiger partial charge in [0.05, 0.1) is 11.6 Å². The van der Waals surface area contributed by atoms with Crippen LogP contribution in [0, 0.1) is 0 Å². The molecule has 15 heavy (non-hydrogen) atoms. The second-order valence-electron chi connectivity index (χ2n) is 4.07. The molecule has 0 heterocycles. The van der Waals surface area contributed by atoms with Crippen molar-refractivity contribution < 1.29 is 4.74 Å². The van der Waals surface area contributed by atoms with E-state index < -0.39 is 0 Å². The van der Waals surface area contributed by atoms with Gasteiger partial charge in [0.15, 0.2) is 0 Å². The summed E-state index contributed by atoms with van der Waals surface area (Å²) in [5.41, 5.74) is 8.25. The topological polar surface area (TPSA) is 35.2 Å². The minimum Gasteiger partial charge on any atom is -0.495 e. The highest BCUT2D eigenvalue weighted by Gasteiger charge is 2.14. The first-order valence-electron chi connectivity index (χ1n) is 5.10. The molecule has 0 saturated heterocycles. The molecule has 1 aromatic carbocycles. The molecule has 0 bridgehead atoms. The van der Waals surface area contributed by atoms with Gasteiger partial charge in [-0.05, 0) is 40.4 Å². The second kappa shape index (κ2) is 4.99. The zero-order valence-corrected chi connectivity index (χ0v) is 11.3. The summed E-state index contributed by atoms with van der Waals surface area (Å²) in [6.07, 6.45) is 0. The summed E-state index contributed by atoms with van der Waals surface area (Å²) in [5.74, 6) is 1.33. The van der Waals surface area contributed by atoms with Gasteiger partial charge < -0.3 is 10.5 Å². The van der Waals surface area contributed by atoms with Crippen LogP contribution in [0.2, 0.25) is 0 Å². The first kappa shape index (κ1) is 12.5. The van der Waals surface area contributed by atoms with Crippen LogP contribution < -0.4 is 10.5 Å². The number of benzene rings is 1. The third-order valence-corrected chi connectivity index (χ3v) is 3.05. The second-order valence-corrected chi connectivity index (χ2v) is 4.92. The summed E-state index contributed by atoms with van der Waals surface area (Å²) >= 11 is 3.51. The van der Waals surface area contributed by atoms with Gasteiger partial charge in [-0.3, -0.25) is 0 Å². The Kier molecular flexibility index (Phi) is 4.17. The molecule has 0 aliphatic carbocycles. The van der Waals surface area contributed by atoms with Crippen LogP contribution in [-0.4, -0.2) is 7.11 Å². The molecule has 0 radical (unpaired) electrons. The summed E-state index contributed by atoms with van der Waals surface area (Å²) in [4.78, 5) is 0. The maximum atomic E-state index is 5.93. The summed E-state index contributed by atoms with van der Waals surface area (Å²) in [6, 6.07) is 4.20. The third kappa shape index (κ3) is 2.73. The maximum absolute atomic E-state index is 5.93. The highest BCUT2D eigenvalue weighted by molar-refractivity contribution is 9.10. The average Bonchev–Trinajstić information content (AvgIpc) is 2.16. The molecule has 0 amide bonds. The van der Waals surface area contributed by atoms with Crippen molar-refractivity contribution >= 4 is 15.9 Å². The number of rotatable bonds is 3. The minimum absolute atomic E-state index is 0.0186. The van der Waals surface area contributed by atoms with Crippen LogP contribution in [0.5, 0.6) is 5.75 Å². The lowest BCUT2D eigenvalue weighted by Crippen LogP contribution is -2.08. The molecule has 0 aliphatic heterocycles. The van der Waals surface area contributed by atoms with E-state index in [1.807, 2.05) is 6.92 Å². The van der Waals surface area contributed by atoms with E-state index in [1.54, 1.807) is 7.11 Å². The Hall–Kier alpha value is -0.540. The lowest BCUT2D eigenvalue weighted by molar-refractivity contribution is 0.404. The first-order chi connectivity index (χ1) is 6.97. The number of halogens is 1. The molecule has 1 atom stereocenters. The fourth-order valence-electron chi connectivity index (χ4n) is 1.52. The van der Waals surface area contributed by atoms with E-state index in [2.05, 4.69) is 41.9 Å². The van der Waals surface area contributed by atoms with Crippen molar-refractivity contribution in [1.82, 2.24) is 0 Å². The molecule has 1 unspecified atom stereocenters. The van der Waals surface area contributed by atoms with Crippen LogP contribution in [0.4, 0.5) is 0 Å². The molecule has 1 aromatic rings. The molecular formula is C12H18BrNO. The van der Waals surface area contributed by atoms with Gasteiger partial charge >= 0.3 is 0 Å². The lowest BCUT2D eigenvalue weighted by atomic mass is 9.97. The van der Waals surface area contributed by atoms with E-state index in [1.165, 1.54) is 5.56 Å². The van der Waals surface area contributed by atoms with Crippen LogP contribution in [-0.2, 0) is 0 Å². The Morgan fingerprint density at radius 3 is 2.27 bits per heavy atom. The largest absolute Gasteiger partial charge is 0.495 e. The molecule has 0 aliphatic rings. The van der Waals surface area contributed by atoms with E-state index in [0.29, 0.717) is 5.92 Å². The molecular weight excluding hydrogens is 254 g/mol. The van der Waals surface area contributed by atoms with Crippen molar-refractivity contribution in [3.63, 3.8) is 0 Å². The van der Waals surface area contributed by atoms with Crippen LogP contribution in [0.1, 0.15) is 43.9 Å². The fraction of sp³-hybridized carbons (Fsp3) is 0.500. The third-order valence-electron chi connectivity index (χ3n) is 2.46. The van der Waals surface area contributed by atoms with Crippen molar-refractivity contribution in [2.75, 3.05) is 7.11 Å². The smallest absolute Gasteiger partial charge is 0.137 e. The van der Waals surface area contributed by atoms with Gasteiger partial charge in [-0.15, -0.1) is 0 Å². The van der Waals surface area contributed by atoms with Gasteiger partial charge in [-0.2, -0.15) is 0 Å². The Labute approximate surface area is 99.9 Å². The van der Waals surface area contributed by atoms with Gasteiger partial charge in [0.1, 0.15) is 5.75 Å². The summed E-state index contributed by atoms with van der Waals surface area (Å²) in [6.45, 7) is 6.30. The highest BCUT2D eigenvalue weighted by atomic mass is 79.9. The fourth-order valence-corrected chi connectivity index (χ4v) is 2.18. The molecule has 0 fully saturated rings. The van der Waals surface area contributed by atoms with Crippen LogP contribution >= 0.6 is 15.9 Å². The first-order valence-corrected chi connectivity index (χ1v) is 5.89. The zero-order chi connectivity index (χ0) is 11.6. The lowest BCUT2D eigenvalue weighted by Gasteiger charge is -2.17. The molecule has 1 rings (SSSR count). The monoisotopic (exact) mass is 271 g/mol. The molecule has 3 heteroatoms. The number of methoxy groups -OCH3 is 1. The Morgan fingerprint density at radius 1 is 1.27 bits per heavy atom. The predicted molar refractivity (Wildman–Crippen MR) is 67.4 cm³/mol. The van der Waals surface area contributed by atoms with E-state index in [0.717, 1.165) is 15.8 Å². The van der Waals surface area contributed by atoms with Crippen LogP contribution in [0.25, 0.3) is 0 Å². The van der Waals surface area contributed by atoms with Gasteiger partial charge in [-0.1, -0.05) is 19.9 Å². The van der Waals surface area contributed by atoms with Gasteiger partial charge in [0, 0.05) is 11.6 Å². The number of hydrogen-bond acceptors (Lipinski definition) is 2. The standard InChI is InChI=1S/C12H18BrNO/c1-7(2)9-5-10(8(3)14)12(15-4)11(13)6-9/h5-8H,14H2,1-4H3. The predicted octanol–water partition coefficient (Wildman–Crippen LogP) is 3.60. The molecule has 2 N–H and O–H groups in total. The van der Waals surface area contributed by atoms with Crippen molar-refractivity contribution in [2.24, 2.45) is 5.73 Å². The molecule has 0 aromatic heterocycles. The van der Waals surface area contributed by atoms with Gasteiger partial charge in [-0.25, -0.2) is 0 Å². The molecule has 84 valence electrons. The van der Waals surface area contributed by atoms with E-state index >= 15 is 0 Å². The highest BCUT2D eigenvalue weighted by Crippen LogP contribution is 2.35. The molecule has 0 saturated carbocycles. The van der Waals surface area contributed by atoms with Crippen molar-refractivity contribution in [3.8, 4) is 5.75 Å². The van der Waals surface area contributed by atoms with Gasteiger partial charge in [0.25, 0.3) is 0 Å². The van der Waals surface area contributed by atoms with Crippen molar-refractivity contribution in [1.29, 1.82) is 0 Å². The Bertz CT molecular complexity index is 348. The Morgan fingerprint density at radius 2 is 1.87 bits per heavy atom. The summed E-state index contributed by atoms with van der Waals surface area (Å²) in [7, 11) is 1.67. The van der Waals surface area contributed by atoms with Crippen molar-refractivity contribution in [2.45, 2.75) is 32.7 Å². The molecule has 2 nitrogen and oxygen atoms in total. The number of nitrogens with two attached hydrogens (primary N) is 1. The summed E-state index contributed by atoms with van der Waals surface area (Å²) in [5, 5.41) is 0. The van der Waals surface area contributed by atoms with Crippen LogP contribution in [0.3, 0.4) is 0 Å². The van der Waals surface area contributed by atoms with Crippen molar-refractivity contribution in [3.05, 3.63) is 27.7 Å². The maximum Gasteiger partial charge on any atom is 0.137 e. The van der Waals surface area contributed by atoms with Gasteiger partial charge in [0.2, 0.25) is 0 Å². The summed E-state index contributed by atoms with van der Waals surface area (Å²) < 4.78 is 6.32. The SMILES string of the molecule is COc1c(Br)cc(C(C)C)cc1C(C)N. The Balaban J connectivity index is 3.32. The zero-order valence-electron chi connectivity index (χ0n) is 9.67. The number of hydrogen-bond donors (Lipinski definition) is 1. The normalized spacial score (nSPS) is 13.0. The minimum atomic E-state index is -0.0186. The quantitative estimate of drug-likeness (QED) is 0.912. The van der Waals surface area contributed by atoms with E-state index in [9.17, 15) is 0 Å². The van der Waals surface area contributed by atoms with E-state index in [-0.39, 0.29) is 6.04 Å². The van der Waals surface area contributed by atoms with E-state index in [4.69, 9.17) is 10.5 Å². The van der Waals surface area contributed by atoms with Crippen LogP contribution in [0.15, 0.2) is 16.6 Å². The number of ether oxygens (including phenoxy) is 1. The average molecular weight is 272 g/mol. The molecule has 0 spiro atoms.